The molecule has 2 rings (SSSR count). The Morgan fingerprint density at radius 3 is 2.75 bits per heavy atom. The molecule has 0 saturated heterocycles. The van der Waals surface area contributed by atoms with Crippen molar-refractivity contribution in [2.75, 3.05) is 0 Å². The summed E-state index contributed by atoms with van der Waals surface area (Å²) in [5, 5.41) is 10.3. The van der Waals surface area contributed by atoms with Crippen LogP contribution in [0.15, 0.2) is 22.7 Å². The minimum atomic E-state index is -0.121. The molecule has 0 saturated carbocycles. The van der Waals surface area contributed by atoms with Gasteiger partial charge in [-0.05, 0) is 25.1 Å². The number of aromatic nitrogens is 2. The van der Waals surface area contributed by atoms with Crippen LogP contribution < -0.4 is 0 Å². The summed E-state index contributed by atoms with van der Waals surface area (Å²) < 4.78 is 0.946. The lowest BCUT2D eigenvalue weighted by Gasteiger charge is -2.00. The normalized spacial score (nSPS) is 12.8. The average Bonchev–Trinajstić information content (AvgIpc) is 2.70. The van der Waals surface area contributed by atoms with E-state index < -0.39 is 0 Å². The van der Waals surface area contributed by atoms with Crippen LogP contribution in [0.5, 0.6) is 0 Å². The van der Waals surface area contributed by atoms with Gasteiger partial charge in [-0.15, -0.1) is 21.8 Å². The molecule has 2 nitrogen and oxygen atoms in total. The zero-order valence-corrected chi connectivity index (χ0v) is 12.2. The fraction of sp³-hybridized carbons (Fsp3) is 0.200. The molecule has 1 aromatic carbocycles. The Hall–Kier alpha value is -0.160. The molecule has 6 heteroatoms. The Morgan fingerprint density at radius 1 is 1.38 bits per heavy atom. The monoisotopic (exact) mass is 336 g/mol. The van der Waals surface area contributed by atoms with Crippen molar-refractivity contribution in [2.45, 2.75) is 12.3 Å². The standard InChI is InChI=1S/C10H7BrCl2N2S/c1-5(12)9-14-15-10(16-9)7-4-6(13)2-3-8(7)11/h2-5H,1H3. The fourth-order valence-corrected chi connectivity index (χ4v) is 2.88. The lowest BCUT2D eigenvalue weighted by molar-refractivity contribution is 0.962. The maximum atomic E-state index is 5.95. The van der Waals surface area contributed by atoms with Gasteiger partial charge in [0.15, 0.2) is 0 Å². The quantitative estimate of drug-likeness (QED) is 0.727. The first-order valence-electron chi connectivity index (χ1n) is 4.51. The Morgan fingerprint density at radius 2 is 2.12 bits per heavy atom. The smallest absolute Gasteiger partial charge is 0.142 e. The van der Waals surface area contributed by atoms with Gasteiger partial charge >= 0.3 is 0 Å². The van der Waals surface area contributed by atoms with Gasteiger partial charge in [-0.25, -0.2) is 0 Å². The number of alkyl halides is 1. The Labute approximate surface area is 116 Å². The summed E-state index contributed by atoms with van der Waals surface area (Å²) in [5.74, 6) is 0. The molecule has 0 spiro atoms. The van der Waals surface area contributed by atoms with Crippen molar-refractivity contribution in [2.24, 2.45) is 0 Å². The highest BCUT2D eigenvalue weighted by molar-refractivity contribution is 9.10. The molecule has 16 heavy (non-hydrogen) atoms. The van der Waals surface area contributed by atoms with E-state index >= 15 is 0 Å². The first-order chi connectivity index (χ1) is 7.58. The molecule has 84 valence electrons. The molecule has 0 bridgehead atoms. The maximum Gasteiger partial charge on any atom is 0.149 e. The number of benzene rings is 1. The van der Waals surface area contributed by atoms with Crippen LogP contribution >= 0.6 is 50.5 Å². The van der Waals surface area contributed by atoms with Crippen LogP contribution in [0.4, 0.5) is 0 Å². The van der Waals surface area contributed by atoms with Crippen molar-refractivity contribution in [1.29, 1.82) is 0 Å². The van der Waals surface area contributed by atoms with Crippen molar-refractivity contribution in [3.63, 3.8) is 0 Å². The highest BCUT2D eigenvalue weighted by Gasteiger charge is 2.13. The molecule has 1 unspecified atom stereocenters. The van der Waals surface area contributed by atoms with Crippen LogP contribution in [0.1, 0.15) is 17.3 Å². The van der Waals surface area contributed by atoms with E-state index in [1.54, 1.807) is 0 Å². The average molecular weight is 338 g/mol. The molecule has 0 aliphatic heterocycles. The number of rotatable bonds is 2. The fourth-order valence-electron chi connectivity index (χ4n) is 1.17. The largest absolute Gasteiger partial charge is 0.149 e. The molecule has 2 aromatic rings. The lowest BCUT2D eigenvalue weighted by Crippen LogP contribution is -1.81. The van der Waals surface area contributed by atoms with E-state index in [-0.39, 0.29) is 5.38 Å². The molecule has 0 aliphatic carbocycles. The SMILES string of the molecule is CC(Cl)c1nnc(-c2cc(Cl)ccc2Br)s1. The van der Waals surface area contributed by atoms with Crippen LogP contribution in [-0.4, -0.2) is 10.2 Å². The Bertz CT molecular complexity index is 513. The Kier molecular flexibility index (Phi) is 3.85. The molecule has 0 N–H and O–H groups in total. The molecule has 0 amide bonds. The van der Waals surface area contributed by atoms with Crippen LogP contribution in [0.2, 0.25) is 5.02 Å². The third-order valence-electron chi connectivity index (χ3n) is 1.94. The van der Waals surface area contributed by atoms with Crippen LogP contribution in [0.3, 0.4) is 0 Å². The van der Waals surface area contributed by atoms with Gasteiger partial charge in [-0.2, -0.15) is 0 Å². The van der Waals surface area contributed by atoms with E-state index in [1.165, 1.54) is 11.3 Å². The molecule has 0 aliphatic rings. The second kappa shape index (κ2) is 5.00. The molecule has 1 atom stereocenters. The van der Waals surface area contributed by atoms with Gasteiger partial charge in [-0.1, -0.05) is 38.9 Å². The van der Waals surface area contributed by atoms with Crippen LogP contribution in [-0.2, 0) is 0 Å². The number of nitrogens with zero attached hydrogens (tertiary/aromatic N) is 2. The van der Waals surface area contributed by atoms with E-state index in [0.717, 1.165) is 20.1 Å². The van der Waals surface area contributed by atoms with E-state index in [4.69, 9.17) is 23.2 Å². The summed E-state index contributed by atoms with van der Waals surface area (Å²) in [7, 11) is 0. The molecular formula is C10H7BrCl2N2S. The Balaban J connectivity index is 2.46. The van der Waals surface area contributed by atoms with Gasteiger partial charge in [-0.3, -0.25) is 0 Å². The minimum Gasteiger partial charge on any atom is -0.142 e. The van der Waals surface area contributed by atoms with Gasteiger partial charge in [0.2, 0.25) is 0 Å². The second-order valence-corrected chi connectivity index (χ2v) is 6.14. The number of hydrogen-bond acceptors (Lipinski definition) is 3. The van der Waals surface area contributed by atoms with Crippen LogP contribution in [0, 0.1) is 0 Å². The summed E-state index contributed by atoms with van der Waals surface area (Å²) in [4.78, 5) is 0. The predicted molar refractivity (Wildman–Crippen MR) is 72.3 cm³/mol. The minimum absolute atomic E-state index is 0.121. The summed E-state index contributed by atoms with van der Waals surface area (Å²) in [5.41, 5.74) is 0.938. The van der Waals surface area contributed by atoms with Crippen molar-refractivity contribution in [3.8, 4) is 10.6 Å². The van der Waals surface area contributed by atoms with Crippen molar-refractivity contribution >= 4 is 50.5 Å². The number of halogens is 3. The van der Waals surface area contributed by atoms with E-state index in [1.807, 2.05) is 25.1 Å². The summed E-state index contributed by atoms with van der Waals surface area (Å²) in [6, 6.07) is 5.57. The molecule has 1 aromatic heterocycles. The highest BCUT2D eigenvalue weighted by atomic mass is 79.9. The van der Waals surface area contributed by atoms with Gasteiger partial charge < -0.3 is 0 Å². The van der Waals surface area contributed by atoms with Crippen molar-refractivity contribution in [1.82, 2.24) is 10.2 Å². The first kappa shape index (κ1) is 12.3. The highest BCUT2D eigenvalue weighted by Crippen LogP contribution is 2.34. The third-order valence-corrected chi connectivity index (χ3v) is 4.34. The second-order valence-electron chi connectivity index (χ2n) is 3.19. The maximum absolute atomic E-state index is 5.95. The third kappa shape index (κ3) is 2.56. The lowest BCUT2D eigenvalue weighted by atomic mass is 10.2. The molecule has 0 fully saturated rings. The molecule has 1 heterocycles. The van der Waals surface area contributed by atoms with Crippen molar-refractivity contribution in [3.05, 3.63) is 32.7 Å². The van der Waals surface area contributed by atoms with Crippen molar-refractivity contribution < 1.29 is 0 Å². The van der Waals surface area contributed by atoms with E-state index in [9.17, 15) is 0 Å². The molecular weight excluding hydrogens is 331 g/mol. The summed E-state index contributed by atoms with van der Waals surface area (Å²) in [6.45, 7) is 1.87. The summed E-state index contributed by atoms with van der Waals surface area (Å²) in [6.07, 6.45) is 0. The predicted octanol–water partition coefficient (Wildman–Crippen LogP) is 4.92. The zero-order valence-electron chi connectivity index (χ0n) is 8.25. The van der Waals surface area contributed by atoms with Gasteiger partial charge in [0, 0.05) is 15.1 Å². The van der Waals surface area contributed by atoms with Crippen LogP contribution in [0.25, 0.3) is 10.6 Å². The van der Waals surface area contributed by atoms with E-state index in [0.29, 0.717) is 5.02 Å². The zero-order chi connectivity index (χ0) is 11.7. The topological polar surface area (TPSA) is 25.8 Å². The first-order valence-corrected chi connectivity index (χ1v) is 6.93. The van der Waals surface area contributed by atoms with Gasteiger partial charge in [0.05, 0.1) is 5.38 Å². The van der Waals surface area contributed by atoms with Gasteiger partial charge in [0.1, 0.15) is 10.0 Å². The number of hydrogen-bond donors (Lipinski definition) is 0. The van der Waals surface area contributed by atoms with E-state index in [2.05, 4.69) is 26.1 Å². The summed E-state index contributed by atoms with van der Waals surface area (Å²) >= 11 is 16.8. The van der Waals surface area contributed by atoms with Gasteiger partial charge in [0.25, 0.3) is 0 Å². The molecule has 0 radical (unpaired) electrons.